The molecule has 39 heavy (non-hydrogen) atoms. The number of aryl methyl sites for hydroxylation is 1. The summed E-state index contributed by atoms with van der Waals surface area (Å²) < 4.78 is 11.4. The molecule has 1 aromatic heterocycles. The van der Waals surface area contributed by atoms with Gasteiger partial charge in [-0.1, -0.05) is 84.9 Å². The van der Waals surface area contributed by atoms with E-state index in [2.05, 4.69) is 65.6 Å². The molecule has 0 atom stereocenters. The normalized spacial score (nSPS) is 13.6. The lowest BCUT2D eigenvalue weighted by atomic mass is 9.83. The van der Waals surface area contributed by atoms with Crippen molar-refractivity contribution in [2.75, 3.05) is 6.61 Å². The number of rotatable bonds is 8. The highest BCUT2D eigenvalue weighted by Gasteiger charge is 2.22. The molecule has 2 N–H and O–H groups in total. The number of para-hydroxylation sites is 1. The van der Waals surface area contributed by atoms with Gasteiger partial charge in [-0.15, -0.1) is 0 Å². The summed E-state index contributed by atoms with van der Waals surface area (Å²) in [5, 5.41) is 12.7. The number of fused-ring (bicyclic) bond motifs is 2. The molecule has 1 aliphatic rings. The summed E-state index contributed by atoms with van der Waals surface area (Å²) in [4.78, 5) is 14.9. The van der Waals surface area contributed by atoms with Gasteiger partial charge in [0.05, 0.1) is 12.1 Å². The summed E-state index contributed by atoms with van der Waals surface area (Å²) in [6, 6.07) is 31.1. The van der Waals surface area contributed by atoms with Gasteiger partial charge in [0.25, 0.3) is 0 Å². The van der Waals surface area contributed by atoms with Crippen LogP contribution >= 0.6 is 0 Å². The van der Waals surface area contributed by atoms with Crippen molar-refractivity contribution in [3.63, 3.8) is 0 Å². The monoisotopic (exact) mass is 517 g/mol. The fourth-order valence-corrected chi connectivity index (χ4v) is 5.84. The van der Waals surface area contributed by atoms with Gasteiger partial charge in [0, 0.05) is 21.9 Å². The van der Waals surface area contributed by atoms with Crippen molar-refractivity contribution in [1.82, 2.24) is 4.98 Å². The second kappa shape index (κ2) is 11.1. The van der Waals surface area contributed by atoms with Crippen LogP contribution < -0.4 is 9.47 Å². The quantitative estimate of drug-likeness (QED) is 0.159. The molecule has 0 aliphatic heterocycles. The van der Waals surface area contributed by atoms with Gasteiger partial charge in [-0.05, 0) is 66.7 Å². The largest absolute Gasteiger partial charge is 0.512 e. The fourth-order valence-electron chi connectivity index (χ4n) is 5.84. The Balaban J connectivity index is 1.31. The van der Waals surface area contributed by atoms with Crippen molar-refractivity contribution in [2.24, 2.45) is 0 Å². The molecule has 0 unspecified atom stereocenters. The van der Waals surface area contributed by atoms with Crippen molar-refractivity contribution in [2.45, 2.75) is 38.5 Å². The Kier molecular flexibility index (Phi) is 7.05. The third-order valence-electron chi connectivity index (χ3n) is 7.59. The maximum Gasteiger partial charge on any atom is 0.512 e. The van der Waals surface area contributed by atoms with Gasteiger partial charge in [0.2, 0.25) is 5.88 Å². The van der Waals surface area contributed by atoms with Crippen molar-refractivity contribution in [1.29, 1.82) is 0 Å². The topological polar surface area (TPSA) is 71.5 Å². The van der Waals surface area contributed by atoms with E-state index in [0.29, 0.717) is 25.3 Å². The molecule has 5 heteroatoms. The summed E-state index contributed by atoms with van der Waals surface area (Å²) >= 11 is 0. The maximum absolute atomic E-state index is 11.6. The van der Waals surface area contributed by atoms with E-state index in [0.717, 1.165) is 57.8 Å². The number of aromatic nitrogens is 1. The zero-order valence-corrected chi connectivity index (χ0v) is 21.8. The number of benzene rings is 4. The van der Waals surface area contributed by atoms with Crippen LogP contribution in [0.2, 0.25) is 0 Å². The minimum Gasteiger partial charge on any atom is -0.493 e. The minimum absolute atomic E-state index is 0.299. The average Bonchev–Trinajstić information content (AvgIpc) is 3.32. The Morgan fingerprint density at radius 1 is 0.795 bits per heavy atom. The average molecular weight is 518 g/mol. The Hall–Kier alpha value is -4.51. The van der Waals surface area contributed by atoms with Crippen LogP contribution in [-0.2, 0) is 6.42 Å². The third-order valence-corrected chi connectivity index (χ3v) is 7.59. The number of aromatic amines is 1. The Labute approximate surface area is 227 Å². The highest BCUT2D eigenvalue weighted by molar-refractivity contribution is 6.02. The number of hydrogen-bond acceptors (Lipinski definition) is 3. The molecule has 1 aliphatic carbocycles. The zero-order valence-electron chi connectivity index (χ0n) is 21.8. The summed E-state index contributed by atoms with van der Waals surface area (Å²) in [5.41, 5.74) is 6.88. The number of hydrogen-bond donors (Lipinski definition) is 2. The first-order valence-electron chi connectivity index (χ1n) is 13.6. The lowest BCUT2D eigenvalue weighted by Gasteiger charge is -2.22. The van der Waals surface area contributed by atoms with Gasteiger partial charge in [0.15, 0.2) is 0 Å². The van der Waals surface area contributed by atoms with E-state index in [1.54, 1.807) is 0 Å². The number of nitrogens with one attached hydrogen (secondary N) is 1. The fraction of sp³-hybridized carbons (Fsp3) is 0.206. The first-order valence-corrected chi connectivity index (χ1v) is 13.6. The van der Waals surface area contributed by atoms with Crippen LogP contribution in [0.3, 0.4) is 0 Å². The van der Waals surface area contributed by atoms with Crippen LogP contribution in [0.15, 0.2) is 91.0 Å². The molecular formula is C34H31NO4. The summed E-state index contributed by atoms with van der Waals surface area (Å²) in [6.45, 7) is 0.510. The van der Waals surface area contributed by atoms with Crippen LogP contribution in [0.25, 0.3) is 32.8 Å². The predicted molar refractivity (Wildman–Crippen MR) is 156 cm³/mol. The molecule has 0 radical (unpaired) electrons. The van der Waals surface area contributed by atoms with Crippen LogP contribution in [0.5, 0.6) is 11.6 Å². The van der Waals surface area contributed by atoms with Gasteiger partial charge in [-0.2, -0.15) is 0 Å². The van der Waals surface area contributed by atoms with Gasteiger partial charge in [-0.3, -0.25) is 0 Å². The van der Waals surface area contributed by atoms with Crippen LogP contribution in [-0.4, -0.2) is 22.9 Å². The van der Waals surface area contributed by atoms with Gasteiger partial charge in [0.1, 0.15) is 5.75 Å². The molecule has 1 heterocycles. The molecule has 0 fully saturated rings. The Morgan fingerprint density at radius 2 is 1.51 bits per heavy atom. The highest BCUT2D eigenvalue weighted by atomic mass is 16.7. The first-order chi connectivity index (χ1) is 19.2. The summed E-state index contributed by atoms with van der Waals surface area (Å²) in [7, 11) is 0. The molecule has 5 aromatic rings. The first kappa shape index (κ1) is 24.8. The van der Waals surface area contributed by atoms with Crippen LogP contribution in [0, 0.1) is 0 Å². The molecule has 0 saturated carbocycles. The second-order valence-corrected chi connectivity index (χ2v) is 9.99. The van der Waals surface area contributed by atoms with E-state index in [9.17, 15) is 9.90 Å². The number of carbonyl (C=O) groups is 1. The third kappa shape index (κ3) is 5.13. The van der Waals surface area contributed by atoms with Crippen molar-refractivity contribution in [3.05, 3.63) is 108 Å². The summed E-state index contributed by atoms with van der Waals surface area (Å²) in [5.74, 6) is 1.15. The van der Waals surface area contributed by atoms with Gasteiger partial charge in [-0.25, -0.2) is 4.79 Å². The zero-order chi connectivity index (χ0) is 26.6. The Bertz CT molecular complexity index is 1660. The minimum atomic E-state index is -1.32. The standard InChI is InChI=1S/C34H31NO4/c36-34(37)39-33-30(20-10-22-38-31-21-8-14-24-13-4-5-16-26(24)31)29-19-9-18-28(32(29)35-33)27-17-7-6-15-25(27)23-11-2-1-3-12-23/h1-5,8-9,11-14,16,18-19,21,35H,6-7,10,15,17,20,22H2,(H,36,37). The maximum atomic E-state index is 11.6. The Morgan fingerprint density at radius 3 is 2.36 bits per heavy atom. The lowest BCUT2D eigenvalue weighted by Crippen LogP contribution is -2.06. The predicted octanol–water partition coefficient (Wildman–Crippen LogP) is 8.87. The van der Waals surface area contributed by atoms with E-state index in [1.807, 2.05) is 30.3 Å². The molecule has 5 nitrogen and oxygen atoms in total. The van der Waals surface area contributed by atoms with E-state index in [1.165, 1.54) is 23.1 Å². The smallest absolute Gasteiger partial charge is 0.493 e. The van der Waals surface area contributed by atoms with E-state index in [4.69, 9.17) is 9.47 Å². The van der Waals surface area contributed by atoms with Gasteiger partial charge < -0.3 is 19.6 Å². The van der Waals surface area contributed by atoms with Crippen molar-refractivity contribution < 1.29 is 19.4 Å². The number of allylic oxidation sites excluding steroid dienone is 2. The summed E-state index contributed by atoms with van der Waals surface area (Å²) in [6.07, 6.45) is 4.36. The number of ether oxygens (including phenoxy) is 2. The molecule has 4 aromatic carbocycles. The molecule has 0 bridgehead atoms. The van der Waals surface area contributed by atoms with E-state index >= 15 is 0 Å². The molecule has 0 amide bonds. The number of carboxylic acid groups (broad SMARTS) is 1. The van der Waals surface area contributed by atoms with Crippen molar-refractivity contribution >= 4 is 39.0 Å². The van der Waals surface area contributed by atoms with Crippen molar-refractivity contribution in [3.8, 4) is 11.6 Å². The molecule has 0 saturated heterocycles. The van der Waals surface area contributed by atoms with Gasteiger partial charge >= 0.3 is 6.16 Å². The molecule has 6 rings (SSSR count). The molecule has 196 valence electrons. The van der Waals surface area contributed by atoms with Crippen LogP contribution in [0.4, 0.5) is 4.79 Å². The SMILES string of the molecule is O=C(O)Oc1[nH]c2c(C3=C(c4ccccc4)CCCC3)cccc2c1CCCOc1cccc2ccccc12. The van der Waals surface area contributed by atoms with Crippen LogP contribution in [0.1, 0.15) is 48.8 Å². The highest BCUT2D eigenvalue weighted by Crippen LogP contribution is 2.42. The van der Waals surface area contributed by atoms with E-state index in [-0.39, 0.29) is 0 Å². The second-order valence-electron chi connectivity index (χ2n) is 9.99. The molecular weight excluding hydrogens is 486 g/mol. The number of H-pyrrole nitrogens is 1. The van der Waals surface area contributed by atoms with E-state index < -0.39 is 6.16 Å². The molecule has 0 spiro atoms. The lowest BCUT2D eigenvalue weighted by molar-refractivity contribution is 0.142.